The molecule has 0 radical (unpaired) electrons. The lowest BCUT2D eigenvalue weighted by Crippen LogP contribution is -2.26. The number of hydrogen-bond acceptors (Lipinski definition) is 5. The summed E-state index contributed by atoms with van der Waals surface area (Å²) in [6.45, 7) is 2.63. The molecule has 3 N–H and O–H groups in total. The number of nitrogens with one attached hydrogen (secondary N) is 1. The van der Waals surface area contributed by atoms with Crippen LogP contribution < -0.4 is 11.2 Å². The van der Waals surface area contributed by atoms with Gasteiger partial charge in [0, 0.05) is 12.1 Å². The van der Waals surface area contributed by atoms with Crippen LogP contribution in [0.1, 0.15) is 13.3 Å². The average Bonchev–Trinajstić information content (AvgIpc) is 2.85. The van der Waals surface area contributed by atoms with Crippen molar-refractivity contribution in [1.82, 2.24) is 20.2 Å². The number of amides is 1. The van der Waals surface area contributed by atoms with Crippen LogP contribution in [0.4, 0.5) is 4.39 Å². The van der Waals surface area contributed by atoms with Gasteiger partial charge in [0.2, 0.25) is 11.1 Å². The molecule has 0 aliphatic heterocycles. The molecule has 0 unspecified atom stereocenters. The maximum Gasteiger partial charge on any atom is 0.230 e. The lowest BCUT2D eigenvalue weighted by molar-refractivity contribution is -0.118. The summed E-state index contributed by atoms with van der Waals surface area (Å²) in [6.07, 6.45) is 0.887. The highest BCUT2D eigenvalue weighted by Gasteiger charge is 2.13. The average molecular weight is 309 g/mol. The highest BCUT2D eigenvalue weighted by atomic mass is 32.2. The van der Waals surface area contributed by atoms with Gasteiger partial charge in [-0.15, -0.1) is 10.2 Å². The highest BCUT2D eigenvalue weighted by Crippen LogP contribution is 2.21. The zero-order valence-electron chi connectivity index (χ0n) is 11.5. The molecule has 0 fully saturated rings. The third-order valence-corrected chi connectivity index (χ3v) is 3.61. The van der Waals surface area contributed by atoms with E-state index in [9.17, 15) is 9.18 Å². The van der Waals surface area contributed by atoms with Crippen molar-refractivity contribution in [2.24, 2.45) is 0 Å². The predicted molar refractivity (Wildman–Crippen MR) is 79.6 cm³/mol. The van der Waals surface area contributed by atoms with Gasteiger partial charge in [-0.25, -0.2) is 9.07 Å². The SMILES string of the molecule is CCCNC(=O)CSc1nnc(-c2ccc(F)cc2)n1N. The predicted octanol–water partition coefficient (Wildman–Crippen LogP) is 1.42. The summed E-state index contributed by atoms with van der Waals surface area (Å²) in [5, 5.41) is 11.1. The van der Waals surface area contributed by atoms with Crippen molar-refractivity contribution < 1.29 is 9.18 Å². The molecule has 0 atom stereocenters. The molecule has 1 heterocycles. The molecule has 0 saturated heterocycles. The molecule has 1 aromatic carbocycles. The fraction of sp³-hybridized carbons (Fsp3) is 0.308. The van der Waals surface area contributed by atoms with Gasteiger partial charge in [-0.2, -0.15) is 0 Å². The topological polar surface area (TPSA) is 85.8 Å². The third-order valence-electron chi connectivity index (χ3n) is 2.67. The van der Waals surface area contributed by atoms with Crippen molar-refractivity contribution in [3.05, 3.63) is 30.1 Å². The number of carbonyl (C=O) groups excluding carboxylic acids is 1. The van der Waals surface area contributed by atoms with E-state index in [-0.39, 0.29) is 17.5 Å². The number of benzene rings is 1. The van der Waals surface area contributed by atoms with Crippen LogP contribution in [-0.2, 0) is 4.79 Å². The number of halogens is 1. The summed E-state index contributed by atoms with van der Waals surface area (Å²) in [5.74, 6) is 6.14. The Morgan fingerprint density at radius 2 is 2.10 bits per heavy atom. The molecule has 6 nitrogen and oxygen atoms in total. The smallest absolute Gasteiger partial charge is 0.230 e. The van der Waals surface area contributed by atoms with Crippen LogP contribution in [0.15, 0.2) is 29.4 Å². The van der Waals surface area contributed by atoms with E-state index in [2.05, 4.69) is 15.5 Å². The van der Waals surface area contributed by atoms with Gasteiger partial charge >= 0.3 is 0 Å². The second kappa shape index (κ2) is 7.07. The largest absolute Gasteiger partial charge is 0.355 e. The molecule has 0 aliphatic rings. The monoisotopic (exact) mass is 309 g/mol. The molecule has 0 bridgehead atoms. The molecule has 21 heavy (non-hydrogen) atoms. The second-order valence-corrected chi connectivity index (χ2v) is 5.26. The van der Waals surface area contributed by atoms with Crippen LogP contribution in [0.25, 0.3) is 11.4 Å². The molecule has 1 amide bonds. The van der Waals surface area contributed by atoms with Crippen LogP contribution in [-0.4, -0.2) is 33.1 Å². The zero-order valence-corrected chi connectivity index (χ0v) is 12.4. The van der Waals surface area contributed by atoms with Gasteiger partial charge < -0.3 is 11.2 Å². The van der Waals surface area contributed by atoms with Crippen molar-refractivity contribution >= 4 is 17.7 Å². The van der Waals surface area contributed by atoms with Gasteiger partial charge in [0.05, 0.1) is 5.75 Å². The Kier molecular flexibility index (Phi) is 5.15. The van der Waals surface area contributed by atoms with E-state index in [1.807, 2.05) is 6.92 Å². The first-order chi connectivity index (χ1) is 10.1. The van der Waals surface area contributed by atoms with Crippen molar-refractivity contribution in [2.45, 2.75) is 18.5 Å². The minimum atomic E-state index is -0.330. The van der Waals surface area contributed by atoms with Crippen molar-refractivity contribution in [1.29, 1.82) is 0 Å². The Morgan fingerprint density at radius 3 is 2.76 bits per heavy atom. The molecule has 0 saturated carbocycles. The minimum Gasteiger partial charge on any atom is -0.355 e. The Morgan fingerprint density at radius 1 is 1.38 bits per heavy atom. The van der Waals surface area contributed by atoms with Gasteiger partial charge in [0.15, 0.2) is 5.82 Å². The summed E-state index contributed by atoms with van der Waals surface area (Å²) in [6, 6.07) is 5.81. The number of rotatable bonds is 6. The van der Waals surface area contributed by atoms with E-state index >= 15 is 0 Å². The standard InChI is InChI=1S/C13H16FN5OS/c1-2-7-16-11(20)8-21-13-18-17-12(19(13)15)9-3-5-10(14)6-4-9/h3-6H,2,7-8,15H2,1H3,(H,16,20). The molecule has 2 rings (SSSR count). The van der Waals surface area contributed by atoms with Gasteiger partial charge in [-0.3, -0.25) is 4.79 Å². The molecule has 0 aliphatic carbocycles. The number of nitrogens with zero attached hydrogens (tertiary/aromatic N) is 3. The summed E-state index contributed by atoms with van der Waals surface area (Å²) in [5.41, 5.74) is 0.661. The summed E-state index contributed by atoms with van der Waals surface area (Å²) < 4.78 is 14.2. The molecule has 8 heteroatoms. The number of nitrogens with two attached hydrogens (primary N) is 1. The first kappa shape index (κ1) is 15.3. The molecule has 2 aromatic rings. The normalized spacial score (nSPS) is 10.6. The van der Waals surface area contributed by atoms with Crippen molar-refractivity contribution in [3.8, 4) is 11.4 Å². The maximum absolute atomic E-state index is 12.9. The van der Waals surface area contributed by atoms with Gasteiger partial charge in [-0.1, -0.05) is 18.7 Å². The number of nitrogen functional groups attached to an aromatic ring is 1. The van der Waals surface area contributed by atoms with Crippen LogP contribution in [0, 0.1) is 5.82 Å². The van der Waals surface area contributed by atoms with E-state index in [1.165, 1.54) is 28.6 Å². The van der Waals surface area contributed by atoms with Crippen molar-refractivity contribution in [2.75, 3.05) is 18.1 Å². The summed E-state index contributed by atoms with van der Waals surface area (Å²) >= 11 is 1.20. The Hall–Kier alpha value is -2.09. The third kappa shape index (κ3) is 3.94. The molecule has 1 aromatic heterocycles. The van der Waals surface area contributed by atoms with Crippen LogP contribution in [0.5, 0.6) is 0 Å². The number of carbonyl (C=O) groups is 1. The van der Waals surface area contributed by atoms with Gasteiger partial charge in [0.1, 0.15) is 5.82 Å². The zero-order chi connectivity index (χ0) is 15.2. The fourth-order valence-corrected chi connectivity index (χ4v) is 2.30. The van der Waals surface area contributed by atoms with E-state index in [0.717, 1.165) is 6.42 Å². The number of thioether (sulfide) groups is 1. The first-order valence-electron chi connectivity index (χ1n) is 6.47. The summed E-state index contributed by atoms with van der Waals surface area (Å²) in [7, 11) is 0. The second-order valence-electron chi connectivity index (χ2n) is 4.32. The van der Waals surface area contributed by atoms with E-state index in [1.54, 1.807) is 12.1 Å². The minimum absolute atomic E-state index is 0.0758. The van der Waals surface area contributed by atoms with E-state index < -0.39 is 0 Å². The fourth-order valence-electron chi connectivity index (χ4n) is 1.62. The quantitative estimate of drug-likeness (QED) is 0.622. The lowest BCUT2D eigenvalue weighted by atomic mass is 10.2. The molecular weight excluding hydrogens is 293 g/mol. The number of aromatic nitrogens is 3. The van der Waals surface area contributed by atoms with Crippen LogP contribution in [0.3, 0.4) is 0 Å². The number of hydrogen-bond donors (Lipinski definition) is 2. The van der Waals surface area contributed by atoms with Crippen LogP contribution in [0.2, 0.25) is 0 Å². The Balaban J connectivity index is 2.03. The molecular formula is C13H16FN5OS. The maximum atomic E-state index is 12.9. The van der Waals surface area contributed by atoms with Crippen molar-refractivity contribution in [3.63, 3.8) is 0 Å². The summed E-state index contributed by atoms with van der Waals surface area (Å²) in [4.78, 5) is 11.5. The van der Waals surface area contributed by atoms with Crippen LogP contribution >= 0.6 is 11.8 Å². The van der Waals surface area contributed by atoms with Gasteiger partial charge in [-0.05, 0) is 30.7 Å². The van der Waals surface area contributed by atoms with E-state index in [4.69, 9.17) is 5.84 Å². The highest BCUT2D eigenvalue weighted by molar-refractivity contribution is 7.99. The van der Waals surface area contributed by atoms with E-state index in [0.29, 0.717) is 23.1 Å². The van der Waals surface area contributed by atoms with Gasteiger partial charge in [0.25, 0.3) is 0 Å². The lowest BCUT2D eigenvalue weighted by Gasteiger charge is -2.04. The first-order valence-corrected chi connectivity index (χ1v) is 7.46. The molecule has 112 valence electrons. The Labute approximate surface area is 125 Å². The molecule has 0 spiro atoms. The Bertz CT molecular complexity index is 614.